The van der Waals surface area contributed by atoms with Crippen LogP contribution in [0.2, 0.25) is 0 Å². The van der Waals surface area contributed by atoms with Gasteiger partial charge in [-0.15, -0.1) is 0 Å². The van der Waals surface area contributed by atoms with E-state index in [0.717, 1.165) is 19.0 Å². The average Bonchev–Trinajstić information content (AvgIpc) is 2.70. The lowest BCUT2D eigenvalue weighted by molar-refractivity contribution is 0.542. The van der Waals surface area contributed by atoms with Gasteiger partial charge in [-0.1, -0.05) is 12.1 Å². The summed E-state index contributed by atoms with van der Waals surface area (Å²) >= 11 is 0. The number of hydrogen-bond donors (Lipinski definition) is 2. The van der Waals surface area contributed by atoms with Crippen LogP contribution in [0.3, 0.4) is 0 Å². The Bertz CT molecular complexity index is 469. The highest BCUT2D eigenvalue weighted by molar-refractivity contribution is 7.89. The normalized spacial score (nSPS) is 21.2. The van der Waals surface area contributed by atoms with E-state index in [1.165, 1.54) is 18.2 Å². The molecule has 4 nitrogen and oxygen atoms in total. The van der Waals surface area contributed by atoms with Crippen LogP contribution in [0.1, 0.15) is 6.42 Å². The number of halogens is 1. The van der Waals surface area contributed by atoms with E-state index in [-0.39, 0.29) is 10.9 Å². The molecule has 1 aromatic carbocycles. The molecule has 6 heteroatoms. The molecule has 0 aromatic heterocycles. The summed E-state index contributed by atoms with van der Waals surface area (Å²) in [6.45, 7) is 1.37. The number of nitrogens with one attached hydrogen (secondary N) is 2. The van der Waals surface area contributed by atoms with Gasteiger partial charge in [-0.2, -0.15) is 0 Å². The monoisotopic (exact) mass is 244 g/mol. The van der Waals surface area contributed by atoms with Crippen LogP contribution in [0.4, 0.5) is 4.39 Å². The van der Waals surface area contributed by atoms with Crippen molar-refractivity contribution in [3.05, 3.63) is 30.1 Å². The van der Waals surface area contributed by atoms with Gasteiger partial charge >= 0.3 is 0 Å². The molecular formula is C10H13FN2O2S. The Kier molecular flexibility index (Phi) is 3.22. The topological polar surface area (TPSA) is 58.2 Å². The number of hydrogen-bond acceptors (Lipinski definition) is 3. The maximum absolute atomic E-state index is 13.3. The van der Waals surface area contributed by atoms with Crippen LogP contribution in [0.25, 0.3) is 0 Å². The van der Waals surface area contributed by atoms with Crippen molar-refractivity contribution in [2.24, 2.45) is 0 Å². The van der Waals surface area contributed by atoms with Crippen molar-refractivity contribution in [3.8, 4) is 0 Å². The molecule has 16 heavy (non-hydrogen) atoms. The van der Waals surface area contributed by atoms with Gasteiger partial charge in [-0.05, 0) is 25.1 Å². The first-order chi connectivity index (χ1) is 7.59. The number of benzene rings is 1. The van der Waals surface area contributed by atoms with E-state index in [1.54, 1.807) is 0 Å². The van der Waals surface area contributed by atoms with Gasteiger partial charge in [0.1, 0.15) is 10.7 Å². The van der Waals surface area contributed by atoms with Crippen LogP contribution >= 0.6 is 0 Å². The van der Waals surface area contributed by atoms with E-state index in [2.05, 4.69) is 10.0 Å². The molecule has 1 heterocycles. The van der Waals surface area contributed by atoms with E-state index in [1.807, 2.05) is 0 Å². The SMILES string of the molecule is O=S(=O)(NC1CCNC1)c1ccccc1F. The smallest absolute Gasteiger partial charge is 0.243 e. The zero-order valence-corrected chi connectivity index (χ0v) is 9.43. The van der Waals surface area contributed by atoms with Crippen LogP contribution < -0.4 is 10.0 Å². The van der Waals surface area contributed by atoms with E-state index < -0.39 is 15.8 Å². The predicted octanol–water partition coefficient (Wildman–Crippen LogP) is 0.466. The summed E-state index contributed by atoms with van der Waals surface area (Å²) in [5, 5.41) is 3.04. The Morgan fingerprint density at radius 1 is 1.38 bits per heavy atom. The first-order valence-corrected chi connectivity index (χ1v) is 6.55. The van der Waals surface area contributed by atoms with Gasteiger partial charge in [-0.3, -0.25) is 0 Å². The minimum Gasteiger partial charge on any atom is -0.315 e. The Balaban J connectivity index is 2.21. The Labute approximate surface area is 93.9 Å². The number of rotatable bonds is 3. The third-order valence-electron chi connectivity index (χ3n) is 2.51. The van der Waals surface area contributed by atoms with E-state index in [0.29, 0.717) is 6.54 Å². The van der Waals surface area contributed by atoms with Gasteiger partial charge < -0.3 is 5.32 Å². The van der Waals surface area contributed by atoms with Crippen LogP contribution in [-0.4, -0.2) is 27.5 Å². The molecule has 1 atom stereocenters. The second-order valence-electron chi connectivity index (χ2n) is 3.74. The Morgan fingerprint density at radius 3 is 2.75 bits per heavy atom. The minimum atomic E-state index is -3.74. The maximum Gasteiger partial charge on any atom is 0.243 e. The van der Waals surface area contributed by atoms with Crippen molar-refractivity contribution in [2.45, 2.75) is 17.4 Å². The van der Waals surface area contributed by atoms with Crippen LogP contribution in [0, 0.1) is 5.82 Å². The van der Waals surface area contributed by atoms with Crippen LogP contribution in [0.15, 0.2) is 29.2 Å². The van der Waals surface area contributed by atoms with Crippen molar-refractivity contribution < 1.29 is 12.8 Å². The van der Waals surface area contributed by atoms with Crippen molar-refractivity contribution >= 4 is 10.0 Å². The lowest BCUT2D eigenvalue weighted by atomic mass is 10.3. The molecule has 0 radical (unpaired) electrons. The highest BCUT2D eigenvalue weighted by Crippen LogP contribution is 2.14. The van der Waals surface area contributed by atoms with Crippen molar-refractivity contribution in [1.29, 1.82) is 0 Å². The highest BCUT2D eigenvalue weighted by Gasteiger charge is 2.24. The minimum absolute atomic E-state index is 0.149. The Hall–Kier alpha value is -0.980. The fraction of sp³-hybridized carbons (Fsp3) is 0.400. The summed E-state index contributed by atoms with van der Waals surface area (Å²) in [6, 6.07) is 5.22. The molecule has 0 aliphatic carbocycles. The van der Waals surface area contributed by atoms with Gasteiger partial charge in [0.15, 0.2) is 0 Å². The third-order valence-corrected chi connectivity index (χ3v) is 4.06. The zero-order chi connectivity index (χ0) is 11.6. The third kappa shape index (κ3) is 2.40. The standard InChI is InChI=1S/C10H13FN2O2S/c11-9-3-1-2-4-10(9)16(14,15)13-8-5-6-12-7-8/h1-4,8,12-13H,5-7H2. The summed E-state index contributed by atoms with van der Waals surface area (Å²) in [6.07, 6.45) is 0.730. The molecule has 2 N–H and O–H groups in total. The van der Waals surface area contributed by atoms with Crippen LogP contribution in [-0.2, 0) is 10.0 Å². The first kappa shape index (κ1) is 11.5. The summed E-state index contributed by atoms with van der Waals surface area (Å²) in [5.74, 6) is -0.721. The second-order valence-corrected chi connectivity index (χ2v) is 5.42. The zero-order valence-electron chi connectivity index (χ0n) is 8.61. The molecule has 1 fully saturated rings. The van der Waals surface area contributed by atoms with E-state index >= 15 is 0 Å². The second kappa shape index (κ2) is 4.48. The molecule has 1 unspecified atom stereocenters. The maximum atomic E-state index is 13.3. The quantitative estimate of drug-likeness (QED) is 0.812. The summed E-state index contributed by atoms with van der Waals surface area (Å²) in [7, 11) is -3.74. The molecule has 2 rings (SSSR count). The van der Waals surface area contributed by atoms with Crippen LogP contribution in [0.5, 0.6) is 0 Å². The summed E-state index contributed by atoms with van der Waals surface area (Å²) in [5.41, 5.74) is 0. The largest absolute Gasteiger partial charge is 0.315 e. The molecule has 1 aliphatic rings. The predicted molar refractivity (Wildman–Crippen MR) is 58.0 cm³/mol. The van der Waals surface area contributed by atoms with Gasteiger partial charge in [0.2, 0.25) is 10.0 Å². The van der Waals surface area contributed by atoms with Crippen molar-refractivity contribution in [2.75, 3.05) is 13.1 Å². The molecule has 1 aliphatic heterocycles. The lowest BCUT2D eigenvalue weighted by Gasteiger charge is -2.12. The van der Waals surface area contributed by atoms with Gasteiger partial charge in [0.25, 0.3) is 0 Å². The van der Waals surface area contributed by atoms with E-state index in [4.69, 9.17) is 0 Å². The lowest BCUT2D eigenvalue weighted by Crippen LogP contribution is -2.36. The average molecular weight is 244 g/mol. The van der Waals surface area contributed by atoms with Crippen molar-refractivity contribution in [3.63, 3.8) is 0 Å². The summed E-state index contributed by atoms with van der Waals surface area (Å²) < 4.78 is 39.5. The Morgan fingerprint density at radius 2 is 2.12 bits per heavy atom. The molecule has 0 bridgehead atoms. The highest BCUT2D eigenvalue weighted by atomic mass is 32.2. The molecular weight excluding hydrogens is 231 g/mol. The van der Waals surface area contributed by atoms with Gasteiger partial charge in [0.05, 0.1) is 0 Å². The molecule has 0 spiro atoms. The number of sulfonamides is 1. The van der Waals surface area contributed by atoms with Crippen molar-refractivity contribution in [1.82, 2.24) is 10.0 Å². The van der Waals surface area contributed by atoms with E-state index in [9.17, 15) is 12.8 Å². The molecule has 1 saturated heterocycles. The summed E-state index contributed by atoms with van der Waals surface area (Å²) in [4.78, 5) is -0.290. The van der Waals surface area contributed by atoms with Gasteiger partial charge in [-0.25, -0.2) is 17.5 Å². The molecule has 0 amide bonds. The molecule has 88 valence electrons. The fourth-order valence-corrected chi connectivity index (χ4v) is 3.05. The first-order valence-electron chi connectivity index (χ1n) is 5.07. The fourth-order valence-electron chi connectivity index (χ4n) is 1.70. The molecule has 0 saturated carbocycles. The molecule has 1 aromatic rings. The van der Waals surface area contributed by atoms with Gasteiger partial charge in [0, 0.05) is 12.6 Å².